The van der Waals surface area contributed by atoms with E-state index < -0.39 is 0 Å². The highest BCUT2D eigenvalue weighted by Crippen LogP contribution is 2.11. The number of nitrogens with one attached hydrogen (secondary N) is 2. The fourth-order valence-electron chi connectivity index (χ4n) is 3.34. The number of pyridine rings is 2. The predicted molar refractivity (Wildman–Crippen MR) is 136 cm³/mol. The zero-order valence-corrected chi connectivity index (χ0v) is 20.6. The molecule has 0 unspecified atom stereocenters. The largest absolute Gasteiger partial charge is 0.332 e. The minimum Gasteiger partial charge on any atom is -0.332 e. The summed E-state index contributed by atoms with van der Waals surface area (Å²) in [6.45, 7) is 3.44. The molecular formula is C26H28N6O4. The topological polar surface area (TPSA) is 125 Å². The summed E-state index contributed by atoms with van der Waals surface area (Å²) in [5, 5.41) is 5.32. The molecule has 1 aromatic carbocycles. The number of aryl methyl sites for hydroxylation is 2. The molecule has 0 spiro atoms. The number of rotatable bonds is 8. The van der Waals surface area contributed by atoms with Crippen LogP contribution < -0.4 is 10.6 Å². The van der Waals surface area contributed by atoms with Gasteiger partial charge in [0.25, 0.3) is 11.8 Å². The Morgan fingerprint density at radius 3 is 1.36 bits per heavy atom. The smallest absolute Gasteiger partial charge is 0.254 e. The SMILES string of the molecule is Cc1ccnc(NC(=O)CN(C)C(=O)c2ccc(C(=O)N(C)CC(=O)Nc3cc(C)ccn3)cc2)c1. The highest BCUT2D eigenvalue weighted by molar-refractivity contribution is 6.01. The lowest BCUT2D eigenvalue weighted by atomic mass is 10.1. The fraction of sp³-hybridized carbons (Fsp3) is 0.231. The second kappa shape index (κ2) is 11.7. The number of hydrogen-bond donors (Lipinski definition) is 2. The standard InChI is InChI=1S/C26H28N6O4/c1-17-9-11-27-21(13-17)29-23(33)15-31(3)25(35)19-5-7-20(8-6-19)26(36)32(4)16-24(34)30-22-14-18(2)10-12-28-22/h5-14H,15-16H2,1-4H3,(H,27,29,33)(H,28,30,34). The van der Waals surface area contributed by atoms with E-state index in [0.29, 0.717) is 22.8 Å². The zero-order chi connectivity index (χ0) is 26.2. The van der Waals surface area contributed by atoms with Crippen LogP contribution in [0.1, 0.15) is 31.8 Å². The molecule has 3 aromatic rings. The Bertz CT molecular complexity index is 1180. The third-order valence-electron chi connectivity index (χ3n) is 5.20. The van der Waals surface area contributed by atoms with E-state index in [1.165, 1.54) is 48.2 Å². The van der Waals surface area contributed by atoms with E-state index >= 15 is 0 Å². The van der Waals surface area contributed by atoms with Crippen molar-refractivity contribution in [3.8, 4) is 0 Å². The third-order valence-corrected chi connectivity index (χ3v) is 5.20. The number of carbonyl (C=O) groups is 4. The minimum atomic E-state index is -0.378. The zero-order valence-electron chi connectivity index (χ0n) is 20.6. The number of nitrogens with zero attached hydrogens (tertiary/aromatic N) is 4. The molecule has 0 fully saturated rings. The van der Waals surface area contributed by atoms with Crippen LogP contribution in [0.5, 0.6) is 0 Å². The second-order valence-electron chi connectivity index (χ2n) is 8.43. The summed E-state index contributed by atoms with van der Waals surface area (Å²) < 4.78 is 0. The summed E-state index contributed by atoms with van der Waals surface area (Å²) in [7, 11) is 3.03. The number of hydrogen-bond acceptors (Lipinski definition) is 6. The molecular weight excluding hydrogens is 460 g/mol. The summed E-state index contributed by atoms with van der Waals surface area (Å²) in [6, 6.07) is 13.1. The molecule has 0 aliphatic heterocycles. The van der Waals surface area contributed by atoms with Gasteiger partial charge in [0.05, 0.1) is 13.1 Å². The van der Waals surface area contributed by atoms with Gasteiger partial charge in [-0.2, -0.15) is 0 Å². The average Bonchev–Trinajstić information content (AvgIpc) is 2.83. The molecule has 0 aliphatic rings. The van der Waals surface area contributed by atoms with Gasteiger partial charge in [-0.3, -0.25) is 19.2 Å². The Hall–Kier alpha value is -4.60. The van der Waals surface area contributed by atoms with E-state index in [1.54, 1.807) is 24.5 Å². The van der Waals surface area contributed by atoms with Crippen molar-refractivity contribution < 1.29 is 19.2 Å². The monoisotopic (exact) mass is 488 g/mol. The van der Waals surface area contributed by atoms with Gasteiger partial charge in [-0.25, -0.2) is 9.97 Å². The summed E-state index contributed by atoms with van der Waals surface area (Å²) in [5.41, 5.74) is 2.55. The Morgan fingerprint density at radius 2 is 1.03 bits per heavy atom. The van der Waals surface area contributed by atoms with Crippen molar-refractivity contribution in [2.24, 2.45) is 0 Å². The molecule has 0 radical (unpaired) electrons. The van der Waals surface area contributed by atoms with Crippen molar-refractivity contribution in [1.82, 2.24) is 19.8 Å². The van der Waals surface area contributed by atoms with Gasteiger partial charge in [-0.05, 0) is 73.5 Å². The highest BCUT2D eigenvalue weighted by Gasteiger charge is 2.18. The molecule has 2 aromatic heterocycles. The van der Waals surface area contributed by atoms with Gasteiger partial charge in [0.1, 0.15) is 11.6 Å². The lowest BCUT2D eigenvalue weighted by Crippen LogP contribution is -2.35. The van der Waals surface area contributed by atoms with Crippen LogP contribution in [-0.2, 0) is 9.59 Å². The van der Waals surface area contributed by atoms with Crippen LogP contribution >= 0.6 is 0 Å². The lowest BCUT2D eigenvalue weighted by Gasteiger charge is -2.18. The Labute approximate surface area is 209 Å². The molecule has 0 atom stereocenters. The number of likely N-dealkylation sites (N-methyl/N-ethyl adjacent to an activating group) is 2. The van der Waals surface area contributed by atoms with Crippen molar-refractivity contribution in [2.45, 2.75) is 13.8 Å². The quantitative estimate of drug-likeness (QED) is 0.502. The number of aromatic nitrogens is 2. The predicted octanol–water partition coefficient (Wildman–Crippen LogP) is 2.51. The molecule has 36 heavy (non-hydrogen) atoms. The third kappa shape index (κ3) is 7.20. The fourth-order valence-corrected chi connectivity index (χ4v) is 3.34. The van der Waals surface area contributed by atoms with E-state index in [4.69, 9.17) is 0 Å². The lowest BCUT2D eigenvalue weighted by molar-refractivity contribution is -0.117. The minimum absolute atomic E-state index is 0.164. The van der Waals surface area contributed by atoms with Crippen molar-refractivity contribution in [1.29, 1.82) is 0 Å². The van der Waals surface area contributed by atoms with Crippen LogP contribution in [0.2, 0.25) is 0 Å². The number of anilines is 2. The van der Waals surface area contributed by atoms with E-state index in [9.17, 15) is 19.2 Å². The number of amides is 4. The van der Waals surface area contributed by atoms with Crippen LogP contribution in [0.25, 0.3) is 0 Å². The van der Waals surface area contributed by atoms with Gasteiger partial charge in [-0.15, -0.1) is 0 Å². The van der Waals surface area contributed by atoms with E-state index in [0.717, 1.165) is 11.1 Å². The Kier molecular flexibility index (Phi) is 8.45. The average molecular weight is 489 g/mol. The maximum absolute atomic E-state index is 12.7. The van der Waals surface area contributed by atoms with Crippen LogP contribution in [0.3, 0.4) is 0 Å². The van der Waals surface area contributed by atoms with Gasteiger partial charge in [0, 0.05) is 37.6 Å². The first kappa shape index (κ1) is 26.0. The van der Waals surface area contributed by atoms with Crippen LogP contribution in [0, 0.1) is 13.8 Å². The first-order valence-electron chi connectivity index (χ1n) is 11.2. The molecule has 2 heterocycles. The Balaban J connectivity index is 1.54. The van der Waals surface area contributed by atoms with Gasteiger partial charge in [-0.1, -0.05) is 0 Å². The maximum Gasteiger partial charge on any atom is 0.254 e. The van der Waals surface area contributed by atoms with E-state index in [-0.39, 0.29) is 36.7 Å². The summed E-state index contributed by atoms with van der Waals surface area (Å²) >= 11 is 0. The van der Waals surface area contributed by atoms with Crippen molar-refractivity contribution >= 4 is 35.3 Å². The van der Waals surface area contributed by atoms with Crippen LogP contribution in [0.15, 0.2) is 60.9 Å². The summed E-state index contributed by atoms with van der Waals surface area (Å²) in [5.74, 6) is -0.680. The van der Waals surface area contributed by atoms with Crippen molar-refractivity contribution in [3.05, 3.63) is 83.2 Å². The molecule has 3 rings (SSSR count). The number of carbonyl (C=O) groups excluding carboxylic acids is 4. The highest BCUT2D eigenvalue weighted by atomic mass is 16.2. The van der Waals surface area contributed by atoms with Crippen molar-refractivity contribution in [2.75, 3.05) is 37.8 Å². The van der Waals surface area contributed by atoms with Gasteiger partial charge < -0.3 is 20.4 Å². The molecule has 10 heteroatoms. The summed E-state index contributed by atoms with van der Waals surface area (Å²) in [4.78, 5) is 60.7. The molecule has 0 saturated heterocycles. The molecule has 4 amide bonds. The van der Waals surface area contributed by atoms with Crippen molar-refractivity contribution in [3.63, 3.8) is 0 Å². The van der Waals surface area contributed by atoms with Crippen LogP contribution in [0.4, 0.5) is 11.6 Å². The number of benzene rings is 1. The van der Waals surface area contributed by atoms with E-state index in [1.807, 2.05) is 26.0 Å². The Morgan fingerprint density at radius 1 is 0.667 bits per heavy atom. The first-order valence-corrected chi connectivity index (χ1v) is 11.2. The molecule has 2 N–H and O–H groups in total. The van der Waals surface area contributed by atoms with Gasteiger partial charge in [0.2, 0.25) is 11.8 Å². The maximum atomic E-state index is 12.7. The molecule has 0 bridgehead atoms. The normalized spacial score (nSPS) is 10.3. The summed E-state index contributed by atoms with van der Waals surface area (Å²) in [6.07, 6.45) is 3.18. The molecule has 0 aliphatic carbocycles. The molecule has 0 saturated carbocycles. The van der Waals surface area contributed by atoms with E-state index in [2.05, 4.69) is 20.6 Å². The van der Waals surface area contributed by atoms with Gasteiger partial charge in [0.15, 0.2) is 0 Å². The van der Waals surface area contributed by atoms with Gasteiger partial charge >= 0.3 is 0 Å². The molecule has 186 valence electrons. The van der Waals surface area contributed by atoms with Crippen LogP contribution in [-0.4, -0.2) is 70.6 Å². The first-order chi connectivity index (χ1) is 17.1. The second-order valence-corrected chi connectivity index (χ2v) is 8.43. The molecule has 10 nitrogen and oxygen atoms in total.